The van der Waals surface area contributed by atoms with E-state index in [0.717, 1.165) is 13.1 Å². The third kappa shape index (κ3) is 6.34. The van der Waals surface area contributed by atoms with Crippen LogP contribution in [0.25, 0.3) is 0 Å². The van der Waals surface area contributed by atoms with Crippen LogP contribution >= 0.6 is 0 Å². The highest BCUT2D eigenvalue weighted by molar-refractivity contribution is 5.76. The maximum Gasteiger partial charge on any atom is 0.223 e. The predicted molar refractivity (Wildman–Crippen MR) is 67.8 cm³/mol. The van der Waals surface area contributed by atoms with E-state index in [0.29, 0.717) is 13.0 Å². The van der Waals surface area contributed by atoms with Crippen molar-refractivity contribution in [1.29, 1.82) is 0 Å². The van der Waals surface area contributed by atoms with E-state index in [9.17, 15) is 4.79 Å². The summed E-state index contributed by atoms with van der Waals surface area (Å²) in [6, 6.07) is 2.53. The Bertz CT molecular complexity index is 260. The maximum absolute atomic E-state index is 11.9. The number of terminal acetylenes is 1. The Morgan fingerprint density at radius 1 is 1.31 bits per heavy atom. The monoisotopic (exact) mass is 224 g/mol. The van der Waals surface area contributed by atoms with Crippen LogP contribution in [0.4, 0.5) is 0 Å². The largest absolute Gasteiger partial charge is 0.341 e. The van der Waals surface area contributed by atoms with Crippen molar-refractivity contribution in [1.82, 2.24) is 9.80 Å². The Kier molecular flexibility index (Phi) is 5.95. The lowest BCUT2D eigenvalue weighted by molar-refractivity contribution is -0.133. The molecule has 0 aliphatic rings. The fourth-order valence-electron chi connectivity index (χ4n) is 1.36. The van der Waals surface area contributed by atoms with E-state index in [-0.39, 0.29) is 11.3 Å². The van der Waals surface area contributed by atoms with Gasteiger partial charge in [0.05, 0.1) is 0 Å². The highest BCUT2D eigenvalue weighted by atomic mass is 16.2. The van der Waals surface area contributed by atoms with Gasteiger partial charge in [0, 0.05) is 39.1 Å². The second kappa shape index (κ2) is 6.42. The van der Waals surface area contributed by atoms with Crippen LogP contribution in [0, 0.1) is 17.9 Å². The summed E-state index contributed by atoms with van der Waals surface area (Å²) in [6.45, 7) is 10.4. The second-order valence-corrected chi connectivity index (χ2v) is 5.26. The maximum atomic E-state index is 11.9. The second-order valence-electron chi connectivity index (χ2n) is 5.26. The van der Waals surface area contributed by atoms with Crippen LogP contribution in [0.15, 0.2) is 0 Å². The minimum Gasteiger partial charge on any atom is -0.341 e. The van der Waals surface area contributed by atoms with Gasteiger partial charge in [-0.3, -0.25) is 4.79 Å². The van der Waals surface area contributed by atoms with E-state index >= 15 is 0 Å². The van der Waals surface area contributed by atoms with Crippen LogP contribution in [0.1, 0.15) is 34.1 Å². The number of rotatable bonds is 5. The Hall–Kier alpha value is -1.17. The lowest BCUT2D eigenvalue weighted by Gasteiger charge is -2.26. The lowest BCUT2D eigenvalue weighted by atomic mass is 9.91. The molecule has 0 aromatic heterocycles. The average Bonchev–Trinajstić information content (AvgIpc) is 2.15. The summed E-state index contributed by atoms with van der Waals surface area (Å²) in [6.07, 6.45) is 5.83. The number of nitrogens with zero attached hydrogens (tertiary/aromatic N) is 2. The summed E-state index contributed by atoms with van der Waals surface area (Å²) in [7, 11) is 1.85. The van der Waals surface area contributed by atoms with Gasteiger partial charge in [-0.1, -0.05) is 27.2 Å². The molecule has 0 aliphatic heterocycles. The van der Waals surface area contributed by atoms with Crippen LogP contribution in [-0.2, 0) is 4.79 Å². The molecule has 92 valence electrons. The first-order valence-electron chi connectivity index (χ1n) is 5.75. The molecular weight excluding hydrogens is 200 g/mol. The molecule has 0 bridgehead atoms. The highest BCUT2D eigenvalue weighted by Gasteiger charge is 2.20. The molecule has 3 heteroatoms. The zero-order valence-corrected chi connectivity index (χ0v) is 11.2. The van der Waals surface area contributed by atoms with Gasteiger partial charge in [-0.2, -0.15) is 0 Å². The average molecular weight is 224 g/mol. The molecular formula is C13H24N2O. The van der Waals surface area contributed by atoms with Crippen molar-refractivity contribution >= 4 is 5.91 Å². The molecule has 16 heavy (non-hydrogen) atoms. The van der Waals surface area contributed by atoms with Gasteiger partial charge in [0.15, 0.2) is 0 Å². The van der Waals surface area contributed by atoms with Gasteiger partial charge in [-0.05, 0) is 12.3 Å². The molecule has 0 saturated carbocycles. The molecule has 0 saturated heterocycles. The molecule has 0 unspecified atom stereocenters. The van der Waals surface area contributed by atoms with Gasteiger partial charge >= 0.3 is 0 Å². The predicted octanol–water partition coefficient (Wildman–Crippen LogP) is 1.79. The smallest absolute Gasteiger partial charge is 0.223 e. The van der Waals surface area contributed by atoms with Crippen molar-refractivity contribution in [3.8, 4) is 12.5 Å². The van der Waals surface area contributed by atoms with E-state index in [1.165, 1.54) is 0 Å². The molecule has 0 spiro atoms. The first-order valence-corrected chi connectivity index (χ1v) is 5.75. The number of carbonyl (C=O) groups is 1. The van der Waals surface area contributed by atoms with Crippen molar-refractivity contribution in [3.63, 3.8) is 0 Å². The SMILES string of the molecule is C#CN(C)CCN(CC)C(=O)CC(C)(C)C. The first kappa shape index (κ1) is 14.8. The minimum absolute atomic E-state index is 0.0442. The summed E-state index contributed by atoms with van der Waals surface area (Å²) in [5.74, 6) is 0.209. The van der Waals surface area contributed by atoms with Gasteiger partial charge in [0.1, 0.15) is 0 Å². The topological polar surface area (TPSA) is 23.6 Å². The molecule has 1 amide bonds. The summed E-state index contributed by atoms with van der Waals surface area (Å²) in [5.41, 5.74) is 0.0442. The molecule has 0 atom stereocenters. The number of amides is 1. The summed E-state index contributed by atoms with van der Waals surface area (Å²) >= 11 is 0. The quantitative estimate of drug-likeness (QED) is 0.525. The molecule has 0 radical (unpaired) electrons. The normalized spacial score (nSPS) is 10.8. The van der Waals surface area contributed by atoms with Crippen LogP contribution in [0.3, 0.4) is 0 Å². The Balaban J connectivity index is 4.19. The molecule has 0 aliphatic carbocycles. The highest BCUT2D eigenvalue weighted by Crippen LogP contribution is 2.19. The zero-order valence-electron chi connectivity index (χ0n) is 11.2. The summed E-state index contributed by atoms with van der Waals surface area (Å²) in [5, 5.41) is 0. The van der Waals surface area contributed by atoms with Gasteiger partial charge < -0.3 is 9.80 Å². The zero-order chi connectivity index (χ0) is 12.8. The van der Waals surface area contributed by atoms with Crippen LogP contribution < -0.4 is 0 Å². The van der Waals surface area contributed by atoms with E-state index in [1.807, 2.05) is 18.9 Å². The fraction of sp³-hybridized carbons (Fsp3) is 0.769. The Morgan fingerprint density at radius 3 is 2.25 bits per heavy atom. The Labute approximate surface area is 99.8 Å². The molecule has 0 aromatic carbocycles. The molecule has 0 aromatic rings. The molecule has 0 N–H and O–H groups in total. The lowest BCUT2D eigenvalue weighted by Crippen LogP contribution is -2.38. The van der Waals surface area contributed by atoms with E-state index < -0.39 is 0 Å². The summed E-state index contributed by atoms with van der Waals surface area (Å²) in [4.78, 5) is 15.6. The van der Waals surface area contributed by atoms with Crippen molar-refractivity contribution < 1.29 is 4.79 Å². The van der Waals surface area contributed by atoms with Crippen molar-refractivity contribution in [3.05, 3.63) is 0 Å². The molecule has 0 fully saturated rings. The minimum atomic E-state index is 0.0442. The Morgan fingerprint density at radius 2 is 1.88 bits per heavy atom. The van der Waals surface area contributed by atoms with Gasteiger partial charge in [-0.15, -0.1) is 0 Å². The number of hydrogen-bond acceptors (Lipinski definition) is 2. The number of likely N-dealkylation sites (N-methyl/N-ethyl adjacent to an activating group) is 2. The first-order chi connectivity index (χ1) is 7.30. The van der Waals surface area contributed by atoms with Crippen molar-refractivity contribution in [2.75, 3.05) is 26.7 Å². The van der Waals surface area contributed by atoms with Gasteiger partial charge in [0.25, 0.3) is 0 Å². The summed E-state index contributed by atoms with van der Waals surface area (Å²) < 4.78 is 0. The number of hydrogen-bond donors (Lipinski definition) is 0. The van der Waals surface area contributed by atoms with Crippen LogP contribution in [-0.4, -0.2) is 42.4 Å². The van der Waals surface area contributed by atoms with E-state index in [1.54, 1.807) is 4.90 Å². The third-order valence-electron chi connectivity index (χ3n) is 2.34. The molecule has 0 rings (SSSR count). The number of carbonyl (C=O) groups excluding carboxylic acids is 1. The standard InChI is InChI=1S/C13H24N2O/c1-7-14(6)9-10-15(8-2)12(16)11-13(3,4)5/h1H,8-11H2,2-6H3. The van der Waals surface area contributed by atoms with E-state index in [4.69, 9.17) is 6.42 Å². The van der Waals surface area contributed by atoms with Gasteiger partial charge in [-0.25, -0.2) is 0 Å². The van der Waals surface area contributed by atoms with Gasteiger partial charge in [0.2, 0.25) is 5.91 Å². The van der Waals surface area contributed by atoms with Crippen molar-refractivity contribution in [2.45, 2.75) is 34.1 Å². The molecule has 3 nitrogen and oxygen atoms in total. The van der Waals surface area contributed by atoms with Crippen LogP contribution in [0.5, 0.6) is 0 Å². The fourth-order valence-corrected chi connectivity index (χ4v) is 1.36. The van der Waals surface area contributed by atoms with E-state index in [2.05, 4.69) is 26.8 Å². The molecule has 0 heterocycles. The third-order valence-corrected chi connectivity index (χ3v) is 2.34. The van der Waals surface area contributed by atoms with Crippen molar-refractivity contribution in [2.24, 2.45) is 5.41 Å². The van der Waals surface area contributed by atoms with Crippen LogP contribution in [0.2, 0.25) is 0 Å².